The smallest absolute Gasteiger partial charge is 0.227 e. The molecule has 0 spiro atoms. The fourth-order valence-corrected chi connectivity index (χ4v) is 3.23. The number of amides is 1. The highest BCUT2D eigenvalue weighted by Gasteiger charge is 2.15. The number of halogens is 1. The molecule has 3 aromatic rings. The molecule has 0 saturated heterocycles. The molecular formula is C18H16ClN3O2S. The molecule has 0 aliphatic rings. The van der Waals surface area contributed by atoms with Crippen LogP contribution in [0.25, 0.3) is 16.9 Å². The Morgan fingerprint density at radius 1 is 1.20 bits per heavy atom. The van der Waals surface area contributed by atoms with E-state index < -0.39 is 0 Å². The average Bonchev–Trinajstić information content (AvgIpc) is 3.04. The monoisotopic (exact) mass is 373 g/mol. The Balaban J connectivity index is 2.07. The Hall–Kier alpha value is -2.44. The first-order valence-corrected chi connectivity index (χ1v) is 8.84. The third-order valence-corrected chi connectivity index (χ3v) is 4.77. The van der Waals surface area contributed by atoms with Crippen LogP contribution in [0.2, 0.25) is 5.02 Å². The van der Waals surface area contributed by atoms with Crippen LogP contribution >= 0.6 is 23.4 Å². The van der Waals surface area contributed by atoms with Crippen LogP contribution in [0.15, 0.2) is 59.9 Å². The summed E-state index contributed by atoms with van der Waals surface area (Å²) in [4.78, 5) is 15.6. The van der Waals surface area contributed by atoms with E-state index in [1.807, 2.05) is 53.1 Å². The van der Waals surface area contributed by atoms with Crippen molar-refractivity contribution in [3.05, 3.63) is 59.8 Å². The average molecular weight is 374 g/mol. The molecule has 0 aliphatic heterocycles. The number of thioether (sulfide) groups is 1. The molecule has 3 rings (SSSR count). The van der Waals surface area contributed by atoms with E-state index >= 15 is 0 Å². The van der Waals surface area contributed by atoms with Crippen molar-refractivity contribution in [3.8, 4) is 22.7 Å². The van der Waals surface area contributed by atoms with Gasteiger partial charge in [-0.3, -0.25) is 9.36 Å². The minimum Gasteiger partial charge on any atom is -0.497 e. The van der Waals surface area contributed by atoms with Gasteiger partial charge in [0.05, 0.1) is 24.8 Å². The molecule has 128 valence electrons. The van der Waals surface area contributed by atoms with Gasteiger partial charge in [0, 0.05) is 16.3 Å². The maximum Gasteiger partial charge on any atom is 0.227 e. The fourth-order valence-electron chi connectivity index (χ4n) is 2.38. The number of nitrogens with two attached hydrogens (primary N) is 1. The summed E-state index contributed by atoms with van der Waals surface area (Å²) in [6.07, 6.45) is 1.78. The maximum atomic E-state index is 11.1. The predicted octanol–water partition coefficient (Wildman–Crippen LogP) is 3.78. The van der Waals surface area contributed by atoms with E-state index in [0.29, 0.717) is 10.2 Å². The maximum absolute atomic E-state index is 11.1. The highest BCUT2D eigenvalue weighted by molar-refractivity contribution is 7.99. The van der Waals surface area contributed by atoms with Gasteiger partial charge in [-0.05, 0) is 48.5 Å². The summed E-state index contributed by atoms with van der Waals surface area (Å²) in [5.74, 6) is 0.554. The lowest BCUT2D eigenvalue weighted by Gasteiger charge is -2.12. The topological polar surface area (TPSA) is 70.1 Å². The molecule has 1 aromatic heterocycles. The van der Waals surface area contributed by atoms with Crippen LogP contribution < -0.4 is 10.5 Å². The molecule has 25 heavy (non-hydrogen) atoms. The zero-order chi connectivity index (χ0) is 17.8. The summed E-state index contributed by atoms with van der Waals surface area (Å²) in [6.45, 7) is 0. The SMILES string of the molecule is COc1ccc(-c2cnc(SCC(N)=O)n2-c2ccc(Cl)cc2)cc1. The van der Waals surface area contributed by atoms with E-state index in [2.05, 4.69) is 4.98 Å². The number of hydrogen-bond acceptors (Lipinski definition) is 4. The van der Waals surface area contributed by atoms with Crippen LogP contribution in [0.4, 0.5) is 0 Å². The molecule has 5 nitrogen and oxygen atoms in total. The molecule has 2 N–H and O–H groups in total. The second-order valence-corrected chi connectivity index (χ2v) is 6.60. The Kier molecular flexibility index (Phi) is 5.31. The predicted molar refractivity (Wildman–Crippen MR) is 100 cm³/mol. The van der Waals surface area contributed by atoms with E-state index in [9.17, 15) is 4.79 Å². The first-order valence-electron chi connectivity index (χ1n) is 7.47. The zero-order valence-corrected chi connectivity index (χ0v) is 15.1. The van der Waals surface area contributed by atoms with Crippen molar-refractivity contribution in [2.75, 3.05) is 12.9 Å². The van der Waals surface area contributed by atoms with Gasteiger partial charge in [-0.15, -0.1) is 0 Å². The number of carbonyl (C=O) groups excluding carboxylic acids is 1. The molecule has 0 bridgehead atoms. The third kappa shape index (κ3) is 3.97. The minimum atomic E-state index is -0.387. The number of primary amides is 1. The van der Waals surface area contributed by atoms with E-state index in [-0.39, 0.29) is 11.7 Å². The molecule has 7 heteroatoms. The van der Waals surface area contributed by atoms with Gasteiger partial charge in [-0.25, -0.2) is 4.98 Å². The Labute approximate surface area is 154 Å². The number of methoxy groups -OCH3 is 1. The number of aromatic nitrogens is 2. The number of nitrogens with zero attached hydrogens (tertiary/aromatic N) is 2. The lowest BCUT2D eigenvalue weighted by atomic mass is 10.1. The van der Waals surface area contributed by atoms with E-state index in [4.69, 9.17) is 22.1 Å². The molecule has 0 saturated carbocycles. The molecule has 0 fully saturated rings. The van der Waals surface area contributed by atoms with Gasteiger partial charge in [0.1, 0.15) is 5.75 Å². The van der Waals surface area contributed by atoms with Crippen LogP contribution in [0, 0.1) is 0 Å². The van der Waals surface area contributed by atoms with Gasteiger partial charge in [-0.1, -0.05) is 23.4 Å². The van der Waals surface area contributed by atoms with Crippen LogP contribution in [0.1, 0.15) is 0 Å². The highest BCUT2D eigenvalue weighted by Crippen LogP contribution is 2.31. The van der Waals surface area contributed by atoms with E-state index in [1.165, 1.54) is 11.8 Å². The Morgan fingerprint density at radius 3 is 2.48 bits per heavy atom. The van der Waals surface area contributed by atoms with Crippen molar-refractivity contribution >= 4 is 29.3 Å². The number of rotatable bonds is 6. The van der Waals surface area contributed by atoms with Gasteiger partial charge >= 0.3 is 0 Å². The zero-order valence-electron chi connectivity index (χ0n) is 13.5. The minimum absolute atomic E-state index is 0.159. The van der Waals surface area contributed by atoms with Crippen LogP contribution in [0.3, 0.4) is 0 Å². The number of carbonyl (C=O) groups is 1. The van der Waals surface area contributed by atoms with Gasteiger partial charge < -0.3 is 10.5 Å². The Morgan fingerprint density at radius 2 is 1.88 bits per heavy atom. The summed E-state index contributed by atoms with van der Waals surface area (Å²) < 4.78 is 7.19. The number of imidazole rings is 1. The summed E-state index contributed by atoms with van der Waals surface area (Å²) in [7, 11) is 1.63. The van der Waals surface area contributed by atoms with Gasteiger partial charge in [0.15, 0.2) is 5.16 Å². The van der Waals surface area contributed by atoms with Crippen molar-refractivity contribution in [1.29, 1.82) is 0 Å². The molecule has 0 aliphatic carbocycles. The molecule has 1 heterocycles. The van der Waals surface area contributed by atoms with Gasteiger partial charge in [0.2, 0.25) is 5.91 Å². The summed E-state index contributed by atoms with van der Waals surface area (Å²) >= 11 is 7.30. The highest BCUT2D eigenvalue weighted by atomic mass is 35.5. The lowest BCUT2D eigenvalue weighted by molar-refractivity contribution is -0.115. The van der Waals surface area contributed by atoms with Crippen molar-refractivity contribution in [3.63, 3.8) is 0 Å². The molecule has 0 atom stereocenters. The van der Waals surface area contributed by atoms with Crippen molar-refractivity contribution in [2.45, 2.75) is 5.16 Å². The van der Waals surface area contributed by atoms with Crippen LogP contribution in [-0.2, 0) is 4.79 Å². The number of hydrogen-bond donors (Lipinski definition) is 1. The van der Waals surface area contributed by atoms with Crippen LogP contribution in [0.5, 0.6) is 5.75 Å². The van der Waals surface area contributed by atoms with Crippen molar-refractivity contribution in [2.24, 2.45) is 5.73 Å². The number of ether oxygens (including phenoxy) is 1. The largest absolute Gasteiger partial charge is 0.497 e. The van der Waals surface area contributed by atoms with E-state index in [0.717, 1.165) is 22.7 Å². The molecule has 0 radical (unpaired) electrons. The first-order chi connectivity index (χ1) is 12.1. The lowest BCUT2D eigenvalue weighted by Crippen LogP contribution is -2.13. The second kappa shape index (κ2) is 7.63. The van der Waals surface area contributed by atoms with Crippen molar-refractivity contribution < 1.29 is 9.53 Å². The third-order valence-electron chi connectivity index (χ3n) is 3.54. The van der Waals surface area contributed by atoms with Gasteiger partial charge in [0.25, 0.3) is 0 Å². The second-order valence-electron chi connectivity index (χ2n) is 5.22. The molecular weight excluding hydrogens is 358 g/mol. The molecule has 0 unspecified atom stereocenters. The standard InChI is InChI=1S/C18H16ClN3O2S/c1-24-15-8-2-12(3-9-15)16-10-21-18(25-11-17(20)23)22(16)14-6-4-13(19)5-7-14/h2-10H,11H2,1H3,(H2,20,23). The van der Waals surface area contributed by atoms with Gasteiger partial charge in [-0.2, -0.15) is 0 Å². The van der Waals surface area contributed by atoms with Crippen LogP contribution in [-0.4, -0.2) is 28.3 Å². The fraction of sp³-hybridized carbons (Fsp3) is 0.111. The summed E-state index contributed by atoms with van der Waals surface area (Å²) in [5.41, 5.74) is 8.05. The first kappa shape index (κ1) is 17.4. The van der Waals surface area contributed by atoms with E-state index in [1.54, 1.807) is 13.3 Å². The quantitative estimate of drug-likeness (QED) is 0.667. The summed E-state index contributed by atoms with van der Waals surface area (Å²) in [5, 5.41) is 1.34. The molecule has 1 amide bonds. The molecule has 2 aromatic carbocycles. The normalized spacial score (nSPS) is 10.6. The van der Waals surface area contributed by atoms with Crippen molar-refractivity contribution in [1.82, 2.24) is 9.55 Å². The number of benzene rings is 2. The summed E-state index contributed by atoms with van der Waals surface area (Å²) in [6, 6.07) is 15.2. The Bertz CT molecular complexity index is 876.